The Labute approximate surface area is 206 Å². The maximum Gasteiger partial charge on any atom is 0.256 e. The SMILES string of the molecule is Cc1cc(Nc2cc(C)[nH]n2)nc(N2CC3CCC(C2)N3C(=O)c2ccc(-n3cc(F)cn3)nc2)n1. The van der Waals surface area contributed by atoms with E-state index >= 15 is 0 Å². The van der Waals surface area contributed by atoms with Crippen molar-refractivity contribution in [3.8, 4) is 5.82 Å². The van der Waals surface area contributed by atoms with E-state index in [9.17, 15) is 9.18 Å². The van der Waals surface area contributed by atoms with Crippen LogP contribution >= 0.6 is 0 Å². The third-order valence-electron chi connectivity index (χ3n) is 6.58. The van der Waals surface area contributed by atoms with Gasteiger partial charge in [0.15, 0.2) is 17.5 Å². The lowest BCUT2D eigenvalue weighted by Crippen LogP contribution is -2.56. The molecule has 2 aliphatic heterocycles. The van der Waals surface area contributed by atoms with Crippen molar-refractivity contribution in [1.82, 2.24) is 39.8 Å². The first-order valence-electron chi connectivity index (χ1n) is 11.8. The largest absolute Gasteiger partial charge is 0.337 e. The Morgan fingerprint density at radius 3 is 2.53 bits per heavy atom. The van der Waals surface area contributed by atoms with Crippen LogP contribution in [0, 0.1) is 19.7 Å². The lowest BCUT2D eigenvalue weighted by Gasteiger charge is -2.41. The van der Waals surface area contributed by atoms with Gasteiger partial charge in [-0.25, -0.2) is 19.0 Å². The molecule has 4 aromatic rings. The summed E-state index contributed by atoms with van der Waals surface area (Å²) in [4.78, 5) is 31.2. The predicted octanol–water partition coefficient (Wildman–Crippen LogP) is 2.77. The molecule has 0 radical (unpaired) electrons. The number of carbonyl (C=O) groups is 1. The summed E-state index contributed by atoms with van der Waals surface area (Å²) in [6.45, 7) is 5.20. The molecule has 2 unspecified atom stereocenters. The molecular formula is C24H25FN10O. The van der Waals surface area contributed by atoms with E-state index in [1.165, 1.54) is 17.1 Å². The molecule has 11 nitrogen and oxygen atoms in total. The number of hydrogen-bond acceptors (Lipinski definition) is 8. The van der Waals surface area contributed by atoms with Crippen LogP contribution < -0.4 is 10.2 Å². The van der Waals surface area contributed by atoms with Gasteiger partial charge in [-0.05, 0) is 38.8 Å². The molecule has 12 heteroatoms. The number of piperazine rings is 1. The van der Waals surface area contributed by atoms with E-state index < -0.39 is 5.82 Å². The van der Waals surface area contributed by atoms with Crippen molar-refractivity contribution in [1.29, 1.82) is 0 Å². The summed E-state index contributed by atoms with van der Waals surface area (Å²) in [7, 11) is 0. The van der Waals surface area contributed by atoms with Gasteiger partial charge in [-0.15, -0.1) is 0 Å². The number of amides is 1. The van der Waals surface area contributed by atoms with E-state index in [1.54, 1.807) is 12.1 Å². The number of aryl methyl sites for hydroxylation is 2. The molecular weight excluding hydrogens is 463 g/mol. The summed E-state index contributed by atoms with van der Waals surface area (Å²) in [5.74, 6) is 1.99. The van der Waals surface area contributed by atoms with Gasteiger partial charge < -0.3 is 15.1 Å². The molecule has 0 aliphatic carbocycles. The van der Waals surface area contributed by atoms with Crippen molar-refractivity contribution in [2.75, 3.05) is 23.3 Å². The zero-order valence-electron chi connectivity index (χ0n) is 19.9. The van der Waals surface area contributed by atoms with Crippen LogP contribution in [-0.4, -0.2) is 70.9 Å². The van der Waals surface area contributed by atoms with Gasteiger partial charge in [-0.3, -0.25) is 9.89 Å². The molecule has 2 fully saturated rings. The average molecular weight is 489 g/mol. The summed E-state index contributed by atoms with van der Waals surface area (Å²) < 4.78 is 14.6. The number of halogens is 1. The van der Waals surface area contributed by atoms with E-state index in [-0.39, 0.29) is 18.0 Å². The maximum atomic E-state index is 13.4. The van der Waals surface area contributed by atoms with Gasteiger partial charge in [0, 0.05) is 42.8 Å². The molecule has 0 spiro atoms. The Bertz CT molecular complexity index is 1400. The second-order valence-electron chi connectivity index (χ2n) is 9.27. The van der Waals surface area contributed by atoms with Crippen molar-refractivity contribution < 1.29 is 9.18 Å². The van der Waals surface area contributed by atoms with Gasteiger partial charge in [0.05, 0.1) is 30.0 Å². The van der Waals surface area contributed by atoms with Gasteiger partial charge in [0.1, 0.15) is 5.82 Å². The molecule has 2 atom stereocenters. The monoisotopic (exact) mass is 488 g/mol. The molecule has 2 bridgehead atoms. The molecule has 2 aliphatic rings. The van der Waals surface area contributed by atoms with Gasteiger partial charge in [-0.2, -0.15) is 15.2 Å². The zero-order chi connectivity index (χ0) is 24.8. The van der Waals surface area contributed by atoms with E-state index in [4.69, 9.17) is 4.98 Å². The highest BCUT2D eigenvalue weighted by Crippen LogP contribution is 2.33. The number of aromatic nitrogens is 7. The maximum absolute atomic E-state index is 13.4. The molecule has 0 aromatic carbocycles. The molecule has 2 N–H and O–H groups in total. The Kier molecular flexibility index (Phi) is 5.35. The minimum atomic E-state index is -0.442. The number of aromatic amines is 1. The van der Waals surface area contributed by atoms with Gasteiger partial charge >= 0.3 is 0 Å². The number of H-pyrrole nitrogens is 1. The minimum absolute atomic E-state index is 0.0470. The standard InChI is InChI=1S/C24H25FN10O/c1-14-7-20(29-21-8-15(2)31-32-21)30-24(28-14)33-12-18-4-5-19(13-33)35(18)23(36)16-3-6-22(26-9-16)34-11-17(25)10-27-34/h3,6-11,18-19H,4-5,12-13H2,1-2H3,(H2,28,29,30,31,32). The Balaban J connectivity index is 1.18. The second kappa shape index (κ2) is 8.70. The highest BCUT2D eigenvalue weighted by Gasteiger charge is 2.43. The third kappa shape index (κ3) is 4.14. The van der Waals surface area contributed by atoms with Crippen molar-refractivity contribution in [2.24, 2.45) is 0 Å². The Hall–Kier alpha value is -4.35. The molecule has 184 valence electrons. The summed E-state index contributed by atoms with van der Waals surface area (Å²) in [5.41, 5.74) is 2.31. The number of carbonyl (C=O) groups excluding carboxylic acids is 1. The van der Waals surface area contributed by atoms with Crippen LogP contribution in [0.3, 0.4) is 0 Å². The summed E-state index contributed by atoms with van der Waals surface area (Å²) in [6, 6.07) is 7.31. The number of nitrogens with zero attached hydrogens (tertiary/aromatic N) is 8. The third-order valence-corrected chi connectivity index (χ3v) is 6.58. The fourth-order valence-electron chi connectivity index (χ4n) is 4.99. The molecule has 6 rings (SSSR count). The Morgan fingerprint density at radius 2 is 1.89 bits per heavy atom. The highest BCUT2D eigenvalue weighted by molar-refractivity contribution is 5.95. The smallest absolute Gasteiger partial charge is 0.256 e. The van der Waals surface area contributed by atoms with Crippen LogP contribution in [0.15, 0.2) is 42.9 Å². The predicted molar refractivity (Wildman–Crippen MR) is 130 cm³/mol. The lowest BCUT2D eigenvalue weighted by atomic mass is 10.1. The van der Waals surface area contributed by atoms with Crippen LogP contribution in [0.5, 0.6) is 0 Å². The normalized spacial score (nSPS) is 19.1. The van der Waals surface area contributed by atoms with E-state index in [0.717, 1.165) is 30.4 Å². The van der Waals surface area contributed by atoms with E-state index in [2.05, 4.69) is 35.5 Å². The van der Waals surface area contributed by atoms with Crippen LogP contribution in [0.1, 0.15) is 34.6 Å². The zero-order valence-corrected chi connectivity index (χ0v) is 19.9. The van der Waals surface area contributed by atoms with Crippen LogP contribution in [0.4, 0.5) is 22.0 Å². The van der Waals surface area contributed by atoms with E-state index in [0.29, 0.717) is 42.1 Å². The molecule has 4 aromatic heterocycles. The van der Waals surface area contributed by atoms with Crippen molar-refractivity contribution in [3.05, 3.63) is 65.6 Å². The summed E-state index contributed by atoms with van der Waals surface area (Å²) in [6.07, 6.45) is 5.74. The van der Waals surface area contributed by atoms with Crippen LogP contribution in [0.2, 0.25) is 0 Å². The van der Waals surface area contributed by atoms with Gasteiger partial charge in [0.2, 0.25) is 5.95 Å². The number of anilines is 3. The van der Waals surface area contributed by atoms with Crippen LogP contribution in [-0.2, 0) is 0 Å². The first-order valence-corrected chi connectivity index (χ1v) is 11.8. The minimum Gasteiger partial charge on any atom is -0.337 e. The van der Waals surface area contributed by atoms with Crippen molar-refractivity contribution in [2.45, 2.75) is 38.8 Å². The lowest BCUT2D eigenvalue weighted by molar-refractivity contribution is 0.0640. The molecule has 1 amide bonds. The first kappa shape index (κ1) is 22.1. The number of rotatable bonds is 5. The fourth-order valence-corrected chi connectivity index (χ4v) is 4.99. The van der Waals surface area contributed by atoms with Crippen molar-refractivity contribution in [3.63, 3.8) is 0 Å². The Morgan fingerprint density at radius 1 is 1.08 bits per heavy atom. The van der Waals surface area contributed by atoms with Crippen molar-refractivity contribution >= 4 is 23.5 Å². The molecule has 0 saturated carbocycles. The van der Waals surface area contributed by atoms with Crippen LogP contribution in [0.25, 0.3) is 5.82 Å². The number of hydrogen-bond donors (Lipinski definition) is 2. The van der Waals surface area contributed by atoms with E-state index in [1.807, 2.05) is 30.9 Å². The number of pyridine rings is 1. The highest BCUT2D eigenvalue weighted by atomic mass is 19.1. The average Bonchev–Trinajstić information content (AvgIpc) is 3.55. The quantitative estimate of drug-likeness (QED) is 0.440. The summed E-state index contributed by atoms with van der Waals surface area (Å²) in [5, 5.41) is 14.3. The van der Waals surface area contributed by atoms with Gasteiger partial charge in [-0.1, -0.05) is 0 Å². The molecule has 36 heavy (non-hydrogen) atoms. The number of fused-ring (bicyclic) bond motifs is 2. The topological polar surface area (TPSA) is 121 Å². The molecule has 6 heterocycles. The summed E-state index contributed by atoms with van der Waals surface area (Å²) >= 11 is 0. The first-order chi connectivity index (χ1) is 17.4. The fraction of sp³-hybridized carbons (Fsp3) is 0.333. The number of nitrogens with one attached hydrogen (secondary N) is 2. The molecule has 2 saturated heterocycles. The second-order valence-corrected chi connectivity index (χ2v) is 9.27. The van der Waals surface area contributed by atoms with Gasteiger partial charge in [0.25, 0.3) is 5.91 Å².